The Morgan fingerprint density at radius 2 is 1.62 bits per heavy atom. The number of carbonyl (C=O) groups excluding carboxylic acids is 1. The van der Waals surface area contributed by atoms with E-state index in [1.54, 1.807) is 24.3 Å². The molecule has 1 aliphatic rings. The van der Waals surface area contributed by atoms with Gasteiger partial charge in [-0.2, -0.15) is 0 Å². The zero-order valence-corrected chi connectivity index (χ0v) is 14.2. The Balaban J connectivity index is 1.54. The molecule has 0 aromatic heterocycles. The van der Waals surface area contributed by atoms with Crippen molar-refractivity contribution in [2.45, 2.75) is 30.8 Å². The fourth-order valence-electron chi connectivity index (χ4n) is 2.46. The monoisotopic (exact) mass is 344 g/mol. The first-order valence-corrected chi connectivity index (χ1v) is 9.69. The van der Waals surface area contributed by atoms with Crippen molar-refractivity contribution in [1.82, 2.24) is 0 Å². The fraction of sp³-hybridized carbons (Fsp3) is 0.316. The number of sulfone groups is 1. The summed E-state index contributed by atoms with van der Waals surface area (Å²) in [6.07, 6.45) is 2.14. The minimum absolute atomic E-state index is 0.135. The van der Waals surface area contributed by atoms with Gasteiger partial charge in [0.2, 0.25) is 0 Å². The lowest BCUT2D eigenvalue weighted by Gasteiger charge is -2.07. The third kappa shape index (κ3) is 4.68. The van der Waals surface area contributed by atoms with Gasteiger partial charge in [0, 0.05) is 0 Å². The summed E-state index contributed by atoms with van der Waals surface area (Å²) in [5.74, 6) is 0.223. The second-order valence-corrected chi connectivity index (χ2v) is 8.23. The molecule has 1 saturated carbocycles. The van der Waals surface area contributed by atoms with Crippen LogP contribution in [0.4, 0.5) is 0 Å². The Bertz CT molecular complexity index is 791. The number of benzene rings is 2. The van der Waals surface area contributed by atoms with E-state index in [1.165, 1.54) is 0 Å². The van der Waals surface area contributed by atoms with Crippen molar-refractivity contribution in [2.24, 2.45) is 5.92 Å². The molecule has 2 aromatic carbocycles. The minimum atomic E-state index is -3.20. The highest BCUT2D eigenvalue weighted by Crippen LogP contribution is 2.32. The number of esters is 1. The second-order valence-electron chi connectivity index (χ2n) is 6.19. The molecule has 1 fully saturated rings. The average Bonchev–Trinajstić information content (AvgIpc) is 3.38. The number of rotatable bonds is 7. The van der Waals surface area contributed by atoms with Gasteiger partial charge in [0.1, 0.15) is 6.61 Å². The van der Waals surface area contributed by atoms with Gasteiger partial charge >= 0.3 is 5.97 Å². The van der Waals surface area contributed by atoms with Crippen LogP contribution in [0.1, 0.15) is 24.0 Å². The topological polar surface area (TPSA) is 60.4 Å². The number of hydrogen-bond donors (Lipinski definition) is 0. The summed E-state index contributed by atoms with van der Waals surface area (Å²) in [7, 11) is -3.20. The van der Waals surface area contributed by atoms with E-state index in [0.29, 0.717) is 10.8 Å². The maximum atomic E-state index is 12.2. The second kappa shape index (κ2) is 7.18. The van der Waals surface area contributed by atoms with Crippen LogP contribution in [-0.4, -0.2) is 20.1 Å². The highest BCUT2D eigenvalue weighted by atomic mass is 32.2. The summed E-state index contributed by atoms with van der Waals surface area (Å²) in [5.41, 5.74) is 1.69. The number of hydrogen-bond acceptors (Lipinski definition) is 4. The summed E-state index contributed by atoms with van der Waals surface area (Å²) < 4.78 is 29.6. The Hall–Kier alpha value is -2.14. The van der Waals surface area contributed by atoms with Crippen molar-refractivity contribution in [2.75, 3.05) is 5.75 Å². The van der Waals surface area contributed by atoms with E-state index in [1.807, 2.05) is 30.3 Å². The highest BCUT2D eigenvalue weighted by molar-refractivity contribution is 7.91. The average molecular weight is 344 g/mol. The maximum absolute atomic E-state index is 12.2. The van der Waals surface area contributed by atoms with Crippen molar-refractivity contribution < 1.29 is 17.9 Å². The molecular formula is C19H20O4S. The molecule has 0 atom stereocenters. The van der Waals surface area contributed by atoms with Gasteiger partial charge < -0.3 is 4.74 Å². The van der Waals surface area contributed by atoms with E-state index >= 15 is 0 Å². The molecule has 0 bridgehead atoms. The normalized spacial score (nSPS) is 14.3. The van der Waals surface area contributed by atoms with Crippen LogP contribution in [0.2, 0.25) is 0 Å². The van der Waals surface area contributed by atoms with Crippen LogP contribution in [0.25, 0.3) is 0 Å². The molecule has 0 saturated heterocycles. The lowest BCUT2D eigenvalue weighted by atomic mass is 10.1. The van der Waals surface area contributed by atoms with Crippen LogP contribution in [0.5, 0.6) is 0 Å². The molecule has 24 heavy (non-hydrogen) atoms. The first kappa shape index (κ1) is 16.7. The molecule has 0 heterocycles. The molecule has 0 spiro atoms. The minimum Gasteiger partial charge on any atom is -0.461 e. The molecule has 126 valence electrons. The maximum Gasteiger partial charge on any atom is 0.310 e. The molecule has 4 nitrogen and oxygen atoms in total. The van der Waals surface area contributed by atoms with Gasteiger partial charge in [-0.3, -0.25) is 4.79 Å². The van der Waals surface area contributed by atoms with Crippen molar-refractivity contribution in [3.63, 3.8) is 0 Å². The molecule has 0 radical (unpaired) electrons. The first-order valence-electron chi connectivity index (χ1n) is 8.04. The van der Waals surface area contributed by atoms with Crippen molar-refractivity contribution in [1.29, 1.82) is 0 Å². The Morgan fingerprint density at radius 3 is 2.25 bits per heavy atom. The predicted octanol–water partition coefficient (Wildman–Crippen LogP) is 3.16. The van der Waals surface area contributed by atoms with Gasteiger partial charge in [-0.05, 0) is 42.0 Å². The third-order valence-corrected chi connectivity index (χ3v) is 5.93. The lowest BCUT2D eigenvalue weighted by molar-refractivity contribution is -0.144. The van der Waals surface area contributed by atoms with Crippen molar-refractivity contribution >= 4 is 15.8 Å². The number of carbonyl (C=O) groups is 1. The fourth-order valence-corrected chi connectivity index (χ4v) is 4.16. The predicted molar refractivity (Wildman–Crippen MR) is 91.2 cm³/mol. The van der Waals surface area contributed by atoms with E-state index in [2.05, 4.69) is 0 Å². The molecule has 0 amide bonds. The van der Waals surface area contributed by atoms with E-state index in [9.17, 15) is 13.2 Å². The summed E-state index contributed by atoms with van der Waals surface area (Å²) in [4.78, 5) is 12.2. The summed E-state index contributed by atoms with van der Waals surface area (Å²) in [6, 6.07) is 16.0. The van der Waals surface area contributed by atoms with E-state index < -0.39 is 9.84 Å². The van der Waals surface area contributed by atoms with Crippen molar-refractivity contribution in [3.05, 3.63) is 65.7 Å². The standard InChI is InChI=1S/C19H20O4S/c20-19(23-13-16-4-2-1-3-5-16)12-15-8-10-18(11-9-15)24(21,22)14-17-6-7-17/h1-5,8-11,17H,6-7,12-14H2. The van der Waals surface area contributed by atoms with Gasteiger partial charge in [0.05, 0.1) is 17.1 Å². The van der Waals surface area contributed by atoms with Crippen LogP contribution in [0.15, 0.2) is 59.5 Å². The van der Waals surface area contributed by atoms with Gasteiger partial charge in [0.15, 0.2) is 9.84 Å². The van der Waals surface area contributed by atoms with Crippen molar-refractivity contribution in [3.8, 4) is 0 Å². The van der Waals surface area contributed by atoms with E-state index in [-0.39, 0.29) is 24.7 Å². The van der Waals surface area contributed by atoms with Gasteiger partial charge in [-0.15, -0.1) is 0 Å². The molecule has 0 unspecified atom stereocenters. The van der Waals surface area contributed by atoms with Gasteiger partial charge in [-0.25, -0.2) is 8.42 Å². The zero-order valence-electron chi connectivity index (χ0n) is 13.4. The van der Waals surface area contributed by atoms with E-state index in [0.717, 1.165) is 24.0 Å². The Labute approximate surface area is 142 Å². The van der Waals surface area contributed by atoms with Crippen LogP contribution in [0, 0.1) is 5.92 Å². The quantitative estimate of drug-likeness (QED) is 0.724. The Morgan fingerprint density at radius 1 is 0.958 bits per heavy atom. The molecular weight excluding hydrogens is 324 g/mol. The molecule has 3 rings (SSSR count). The summed E-state index contributed by atoms with van der Waals surface area (Å²) in [6.45, 7) is 0.244. The molecule has 0 N–H and O–H groups in total. The summed E-state index contributed by atoms with van der Waals surface area (Å²) in [5, 5.41) is 0. The molecule has 1 aliphatic carbocycles. The highest BCUT2D eigenvalue weighted by Gasteiger charge is 2.28. The van der Waals surface area contributed by atoms with Crippen LogP contribution < -0.4 is 0 Å². The summed E-state index contributed by atoms with van der Waals surface area (Å²) >= 11 is 0. The first-order chi connectivity index (χ1) is 11.5. The van der Waals surface area contributed by atoms with Gasteiger partial charge in [0.25, 0.3) is 0 Å². The molecule has 0 aliphatic heterocycles. The van der Waals surface area contributed by atoms with E-state index in [4.69, 9.17) is 4.74 Å². The van der Waals surface area contributed by atoms with Crippen LogP contribution in [0.3, 0.4) is 0 Å². The molecule has 2 aromatic rings. The van der Waals surface area contributed by atoms with Crippen LogP contribution >= 0.6 is 0 Å². The molecule has 5 heteroatoms. The largest absolute Gasteiger partial charge is 0.461 e. The SMILES string of the molecule is O=C(Cc1ccc(S(=O)(=O)CC2CC2)cc1)OCc1ccccc1. The lowest BCUT2D eigenvalue weighted by Crippen LogP contribution is -2.10. The van der Waals surface area contributed by atoms with Gasteiger partial charge in [-0.1, -0.05) is 42.5 Å². The Kier molecular flexibility index (Phi) is 5.00. The van der Waals surface area contributed by atoms with Crippen LogP contribution in [-0.2, 0) is 32.4 Å². The number of ether oxygens (including phenoxy) is 1. The smallest absolute Gasteiger partial charge is 0.310 e. The zero-order chi connectivity index (χ0) is 17.0. The third-order valence-electron chi connectivity index (χ3n) is 4.03.